The number of aromatic carboxylic acids is 1. The summed E-state index contributed by atoms with van der Waals surface area (Å²) in [6, 6.07) is 13.2. The van der Waals surface area contributed by atoms with Crippen molar-refractivity contribution < 1.29 is 20.2 Å². The van der Waals surface area contributed by atoms with E-state index in [2.05, 4.69) is 0 Å². The van der Waals surface area contributed by atoms with E-state index in [1.807, 2.05) is 30.3 Å². The zero-order chi connectivity index (χ0) is 13.8. The summed E-state index contributed by atoms with van der Waals surface area (Å²) in [6.07, 6.45) is 0. The lowest BCUT2D eigenvalue weighted by Gasteiger charge is -2.17. The van der Waals surface area contributed by atoms with Crippen LogP contribution < -0.4 is 5.06 Å². The largest absolute Gasteiger partial charge is 0.507 e. The van der Waals surface area contributed by atoms with Crippen LogP contribution in [0.5, 0.6) is 5.75 Å². The quantitative estimate of drug-likeness (QED) is 0.735. The van der Waals surface area contributed by atoms with Gasteiger partial charge in [0.2, 0.25) is 0 Å². The molecular weight excluding hydrogens is 246 g/mol. The number of nitrogens with zero attached hydrogens (tertiary/aromatic N) is 1. The van der Waals surface area contributed by atoms with E-state index >= 15 is 0 Å². The first kappa shape index (κ1) is 12.9. The molecule has 0 amide bonds. The smallest absolute Gasteiger partial charge is 0.339 e. The van der Waals surface area contributed by atoms with Crippen molar-refractivity contribution in [1.82, 2.24) is 0 Å². The Balaban J connectivity index is 2.18. The molecule has 0 unspecified atom stereocenters. The highest BCUT2D eigenvalue weighted by atomic mass is 16.5. The van der Waals surface area contributed by atoms with Crippen molar-refractivity contribution in [1.29, 1.82) is 0 Å². The Kier molecular flexibility index (Phi) is 3.68. The highest BCUT2D eigenvalue weighted by molar-refractivity contribution is 5.91. The van der Waals surface area contributed by atoms with Crippen molar-refractivity contribution in [3.05, 3.63) is 59.7 Å². The van der Waals surface area contributed by atoms with Gasteiger partial charge in [-0.2, -0.15) is 0 Å². The van der Waals surface area contributed by atoms with Crippen molar-refractivity contribution in [2.45, 2.75) is 6.54 Å². The first-order valence-corrected chi connectivity index (χ1v) is 5.64. The molecule has 0 aliphatic heterocycles. The van der Waals surface area contributed by atoms with E-state index < -0.39 is 5.97 Å². The number of carboxylic acids is 1. The van der Waals surface area contributed by atoms with Crippen LogP contribution in [0.25, 0.3) is 0 Å². The lowest BCUT2D eigenvalue weighted by atomic mass is 10.1. The molecule has 2 aromatic carbocycles. The number of carbonyl (C=O) groups is 1. The van der Waals surface area contributed by atoms with Gasteiger partial charge in [-0.05, 0) is 17.7 Å². The number of hydrogen-bond acceptors (Lipinski definition) is 4. The van der Waals surface area contributed by atoms with Crippen LogP contribution in [-0.2, 0) is 6.54 Å². The van der Waals surface area contributed by atoms with Gasteiger partial charge in [0.1, 0.15) is 11.3 Å². The Bertz CT molecular complexity index is 583. The molecule has 0 atom stereocenters. The van der Waals surface area contributed by atoms with E-state index in [4.69, 9.17) is 5.11 Å². The monoisotopic (exact) mass is 259 g/mol. The first-order valence-electron chi connectivity index (χ1n) is 5.64. The van der Waals surface area contributed by atoms with E-state index in [0.717, 1.165) is 10.6 Å². The first-order chi connectivity index (χ1) is 9.08. The highest BCUT2D eigenvalue weighted by Crippen LogP contribution is 2.24. The zero-order valence-corrected chi connectivity index (χ0v) is 10.0. The third-order valence-corrected chi connectivity index (χ3v) is 2.68. The molecule has 0 radical (unpaired) electrons. The molecule has 98 valence electrons. The number of phenols is 1. The summed E-state index contributed by atoms with van der Waals surface area (Å²) in [5.74, 6) is -1.59. The van der Waals surface area contributed by atoms with Crippen LogP contribution in [0.3, 0.4) is 0 Å². The van der Waals surface area contributed by atoms with Crippen LogP contribution in [0, 0.1) is 0 Å². The van der Waals surface area contributed by atoms with Gasteiger partial charge in [0.05, 0.1) is 12.2 Å². The predicted octanol–water partition coefficient (Wildman–Crippen LogP) is 2.49. The van der Waals surface area contributed by atoms with Gasteiger partial charge in [0.15, 0.2) is 0 Å². The van der Waals surface area contributed by atoms with Gasteiger partial charge in [-0.3, -0.25) is 10.3 Å². The van der Waals surface area contributed by atoms with Crippen LogP contribution in [-0.4, -0.2) is 21.4 Å². The lowest BCUT2D eigenvalue weighted by molar-refractivity contribution is 0.0693. The summed E-state index contributed by atoms with van der Waals surface area (Å²) in [7, 11) is 0. The molecular formula is C14H13NO4. The summed E-state index contributed by atoms with van der Waals surface area (Å²) < 4.78 is 0. The molecule has 3 N–H and O–H groups in total. The Hall–Kier alpha value is -2.53. The van der Waals surface area contributed by atoms with Gasteiger partial charge in [-0.1, -0.05) is 30.3 Å². The van der Waals surface area contributed by atoms with Crippen LogP contribution in [0.4, 0.5) is 5.69 Å². The minimum atomic E-state index is -1.21. The SMILES string of the molecule is O=C(O)c1ccc(N(O)Cc2ccccc2)cc1O. The van der Waals surface area contributed by atoms with Crippen molar-refractivity contribution in [3.63, 3.8) is 0 Å². The van der Waals surface area contributed by atoms with Gasteiger partial charge in [-0.15, -0.1) is 0 Å². The minimum absolute atomic E-state index is 0.197. The van der Waals surface area contributed by atoms with Crippen molar-refractivity contribution in [2.75, 3.05) is 5.06 Å². The lowest BCUT2D eigenvalue weighted by Crippen LogP contribution is -2.17. The second-order valence-corrected chi connectivity index (χ2v) is 4.05. The van der Waals surface area contributed by atoms with E-state index in [1.54, 1.807) is 0 Å². The van der Waals surface area contributed by atoms with Crippen LogP contribution in [0.2, 0.25) is 0 Å². The Labute approximate surface area is 109 Å². The van der Waals surface area contributed by atoms with E-state index in [1.165, 1.54) is 18.2 Å². The number of benzene rings is 2. The van der Waals surface area contributed by atoms with E-state index in [-0.39, 0.29) is 17.9 Å². The van der Waals surface area contributed by atoms with E-state index in [0.29, 0.717) is 5.69 Å². The third-order valence-electron chi connectivity index (χ3n) is 2.68. The maximum Gasteiger partial charge on any atom is 0.339 e. The highest BCUT2D eigenvalue weighted by Gasteiger charge is 2.12. The molecule has 2 aromatic rings. The number of hydrogen-bond donors (Lipinski definition) is 3. The van der Waals surface area contributed by atoms with Crippen molar-refractivity contribution in [2.24, 2.45) is 0 Å². The molecule has 0 aromatic heterocycles. The summed E-state index contributed by atoms with van der Waals surface area (Å²) in [6.45, 7) is 0.243. The molecule has 19 heavy (non-hydrogen) atoms. The fourth-order valence-electron chi connectivity index (χ4n) is 1.71. The average molecular weight is 259 g/mol. The fraction of sp³-hybridized carbons (Fsp3) is 0.0714. The van der Waals surface area contributed by atoms with Gasteiger partial charge >= 0.3 is 5.97 Å². The molecule has 0 aliphatic rings. The topological polar surface area (TPSA) is 81.0 Å². The molecule has 0 spiro atoms. The maximum atomic E-state index is 10.8. The molecule has 5 heteroatoms. The summed E-state index contributed by atoms with van der Waals surface area (Å²) in [4.78, 5) is 10.8. The predicted molar refractivity (Wildman–Crippen MR) is 69.5 cm³/mol. The van der Waals surface area contributed by atoms with Crippen molar-refractivity contribution in [3.8, 4) is 5.75 Å². The molecule has 0 bridgehead atoms. The standard InChI is InChI=1S/C14H13NO4/c16-13-8-11(6-7-12(13)14(17)18)15(19)9-10-4-2-1-3-5-10/h1-8,16,19H,9H2,(H,17,18). The minimum Gasteiger partial charge on any atom is -0.507 e. The number of carboxylic acid groups (broad SMARTS) is 1. The van der Waals surface area contributed by atoms with Crippen LogP contribution in [0.1, 0.15) is 15.9 Å². The van der Waals surface area contributed by atoms with Gasteiger partial charge in [-0.25, -0.2) is 4.79 Å². The van der Waals surface area contributed by atoms with Crippen LogP contribution in [0.15, 0.2) is 48.5 Å². The Morgan fingerprint density at radius 2 is 1.79 bits per heavy atom. The molecule has 5 nitrogen and oxygen atoms in total. The number of hydroxylamine groups is 1. The molecule has 0 heterocycles. The van der Waals surface area contributed by atoms with Gasteiger partial charge in [0, 0.05) is 6.07 Å². The van der Waals surface area contributed by atoms with Crippen molar-refractivity contribution >= 4 is 11.7 Å². The summed E-state index contributed by atoms with van der Waals surface area (Å²) in [5, 5.41) is 29.2. The zero-order valence-electron chi connectivity index (χ0n) is 10.0. The molecule has 0 fully saturated rings. The second-order valence-electron chi connectivity index (χ2n) is 4.05. The number of aromatic hydroxyl groups is 1. The van der Waals surface area contributed by atoms with Gasteiger partial charge < -0.3 is 10.2 Å². The average Bonchev–Trinajstić information content (AvgIpc) is 2.39. The summed E-state index contributed by atoms with van der Waals surface area (Å²) >= 11 is 0. The molecule has 2 rings (SSSR count). The fourth-order valence-corrected chi connectivity index (χ4v) is 1.71. The molecule has 0 aliphatic carbocycles. The normalized spacial score (nSPS) is 10.2. The maximum absolute atomic E-state index is 10.8. The van der Waals surface area contributed by atoms with Gasteiger partial charge in [0.25, 0.3) is 0 Å². The Morgan fingerprint density at radius 1 is 1.11 bits per heavy atom. The Morgan fingerprint density at radius 3 is 2.37 bits per heavy atom. The second kappa shape index (κ2) is 5.41. The third kappa shape index (κ3) is 3.02. The summed E-state index contributed by atoms with van der Waals surface area (Å²) in [5.41, 5.74) is 1.02. The van der Waals surface area contributed by atoms with Crippen LogP contribution >= 0.6 is 0 Å². The van der Waals surface area contributed by atoms with E-state index in [9.17, 15) is 15.1 Å². The molecule has 0 saturated carbocycles. The number of anilines is 1. The number of rotatable bonds is 4. The molecule has 0 saturated heterocycles.